The molecule has 0 atom stereocenters. The first-order valence-corrected chi connectivity index (χ1v) is 11.5. The molecule has 3 aromatic rings. The van der Waals surface area contributed by atoms with Crippen molar-refractivity contribution in [2.45, 2.75) is 38.1 Å². The molecule has 2 amide bonds. The fourth-order valence-electron chi connectivity index (χ4n) is 2.97. The van der Waals surface area contributed by atoms with Crippen molar-refractivity contribution in [1.29, 1.82) is 0 Å². The predicted octanol–water partition coefficient (Wildman–Crippen LogP) is 5.19. The molecule has 0 radical (unpaired) electrons. The maximum Gasteiger partial charge on any atom is 0.416 e. The Morgan fingerprint density at radius 2 is 1.76 bits per heavy atom. The molecule has 0 saturated heterocycles. The van der Waals surface area contributed by atoms with Crippen LogP contribution in [-0.4, -0.2) is 32.3 Å². The van der Waals surface area contributed by atoms with Gasteiger partial charge in [0.25, 0.3) is 0 Å². The first kappa shape index (κ1) is 25.6. The normalized spacial score (nSPS) is 11.4. The van der Waals surface area contributed by atoms with Crippen molar-refractivity contribution >= 4 is 46.6 Å². The average molecular weight is 512 g/mol. The number of nitrogens with one attached hydrogen (secondary N) is 2. The zero-order valence-corrected chi connectivity index (χ0v) is 19.8. The van der Waals surface area contributed by atoms with Gasteiger partial charge in [-0.1, -0.05) is 41.1 Å². The molecule has 0 saturated carbocycles. The van der Waals surface area contributed by atoms with E-state index in [9.17, 15) is 22.8 Å². The molecule has 1 heterocycles. The second kappa shape index (κ2) is 10.9. The minimum Gasteiger partial charge on any atom is -0.326 e. The Kier molecular flexibility index (Phi) is 8.21. The van der Waals surface area contributed by atoms with Gasteiger partial charge in [-0.05, 0) is 44.2 Å². The molecular formula is C22H21ClF3N5O2S. The van der Waals surface area contributed by atoms with Crippen LogP contribution >= 0.6 is 23.4 Å². The number of carbonyl (C=O) groups excluding carboxylic acids is 2. The van der Waals surface area contributed by atoms with Crippen LogP contribution in [0.25, 0.3) is 0 Å². The van der Waals surface area contributed by atoms with Crippen LogP contribution in [0.1, 0.15) is 23.9 Å². The highest BCUT2D eigenvalue weighted by Gasteiger charge is 2.31. The van der Waals surface area contributed by atoms with Crippen molar-refractivity contribution < 1.29 is 22.8 Å². The van der Waals surface area contributed by atoms with Crippen LogP contribution in [0.3, 0.4) is 0 Å². The summed E-state index contributed by atoms with van der Waals surface area (Å²) in [4.78, 5) is 24.7. The number of anilines is 2. The summed E-state index contributed by atoms with van der Waals surface area (Å²) < 4.78 is 40.4. The third kappa shape index (κ3) is 6.73. The van der Waals surface area contributed by atoms with Crippen molar-refractivity contribution in [2.24, 2.45) is 0 Å². The van der Waals surface area contributed by atoms with Crippen molar-refractivity contribution in [3.8, 4) is 0 Å². The Morgan fingerprint density at radius 1 is 1.06 bits per heavy atom. The summed E-state index contributed by atoms with van der Waals surface area (Å²) in [5.41, 5.74) is 0.689. The lowest BCUT2D eigenvalue weighted by Crippen LogP contribution is -2.18. The summed E-state index contributed by atoms with van der Waals surface area (Å²) in [5.74, 6) is -0.536. The number of aromatic nitrogens is 3. The first-order valence-electron chi connectivity index (χ1n) is 10.1. The minimum atomic E-state index is -4.56. The summed E-state index contributed by atoms with van der Waals surface area (Å²) >= 11 is 6.97. The molecular weight excluding hydrogens is 491 g/mol. The van der Waals surface area contributed by atoms with Crippen LogP contribution in [0, 0.1) is 6.92 Å². The number of nitrogens with zero attached hydrogens (tertiary/aromatic N) is 3. The van der Waals surface area contributed by atoms with Gasteiger partial charge in [0, 0.05) is 12.2 Å². The molecule has 34 heavy (non-hydrogen) atoms. The van der Waals surface area contributed by atoms with Crippen LogP contribution in [-0.2, 0) is 28.7 Å². The molecule has 2 N–H and O–H groups in total. The molecule has 0 unspecified atom stereocenters. The summed E-state index contributed by atoms with van der Waals surface area (Å²) in [6, 6.07) is 10.1. The monoisotopic (exact) mass is 511 g/mol. The molecule has 0 aliphatic carbocycles. The smallest absolute Gasteiger partial charge is 0.326 e. The lowest BCUT2D eigenvalue weighted by atomic mass is 10.2. The maximum atomic E-state index is 12.9. The quantitative estimate of drug-likeness (QED) is 0.406. The molecule has 0 spiro atoms. The van der Waals surface area contributed by atoms with Gasteiger partial charge in [-0.3, -0.25) is 9.59 Å². The molecule has 3 rings (SSSR count). The Balaban J connectivity index is 1.61. The van der Waals surface area contributed by atoms with Gasteiger partial charge in [0.2, 0.25) is 11.8 Å². The molecule has 2 aromatic carbocycles. The van der Waals surface area contributed by atoms with Crippen molar-refractivity contribution in [2.75, 3.05) is 16.4 Å². The van der Waals surface area contributed by atoms with E-state index < -0.39 is 17.6 Å². The first-order chi connectivity index (χ1) is 16.1. The van der Waals surface area contributed by atoms with Gasteiger partial charge in [0.1, 0.15) is 5.82 Å². The summed E-state index contributed by atoms with van der Waals surface area (Å²) in [6.45, 7) is 4.25. The van der Waals surface area contributed by atoms with Gasteiger partial charge < -0.3 is 15.2 Å². The number of rotatable bonds is 8. The molecule has 180 valence electrons. The van der Waals surface area contributed by atoms with E-state index in [1.807, 2.05) is 26.0 Å². The van der Waals surface area contributed by atoms with Crippen LogP contribution in [0.4, 0.5) is 24.5 Å². The van der Waals surface area contributed by atoms with Crippen molar-refractivity contribution in [3.63, 3.8) is 0 Å². The average Bonchev–Trinajstić information content (AvgIpc) is 3.15. The maximum absolute atomic E-state index is 12.9. The zero-order chi connectivity index (χ0) is 24.9. The number of benzene rings is 2. The van der Waals surface area contributed by atoms with Gasteiger partial charge in [-0.15, -0.1) is 10.2 Å². The summed E-state index contributed by atoms with van der Waals surface area (Å²) in [6.07, 6.45) is -4.57. The lowest BCUT2D eigenvalue weighted by Gasteiger charge is -2.12. The number of carbonyl (C=O) groups is 2. The van der Waals surface area contributed by atoms with Gasteiger partial charge in [0.05, 0.1) is 28.4 Å². The van der Waals surface area contributed by atoms with E-state index >= 15 is 0 Å². The highest BCUT2D eigenvalue weighted by Crippen LogP contribution is 2.34. The Morgan fingerprint density at radius 3 is 2.41 bits per heavy atom. The number of hydrogen-bond acceptors (Lipinski definition) is 5. The van der Waals surface area contributed by atoms with Gasteiger partial charge >= 0.3 is 6.18 Å². The molecule has 7 nitrogen and oxygen atoms in total. The Hall–Kier alpha value is -3.05. The second-order valence-electron chi connectivity index (χ2n) is 7.26. The Bertz CT molecular complexity index is 1180. The largest absolute Gasteiger partial charge is 0.416 e. The molecule has 1 aromatic heterocycles. The van der Waals surface area contributed by atoms with E-state index in [4.69, 9.17) is 11.6 Å². The van der Waals surface area contributed by atoms with Gasteiger partial charge in [-0.2, -0.15) is 13.2 Å². The van der Waals surface area contributed by atoms with Crippen LogP contribution < -0.4 is 10.6 Å². The SMILES string of the molecule is CCn1c(CC(=O)Nc2ccc(C)cc2)nnc1SCC(=O)Nc1cc(C(F)(F)F)ccc1Cl. The third-order valence-corrected chi connectivity index (χ3v) is 5.96. The van der Waals surface area contributed by atoms with Crippen LogP contribution in [0.2, 0.25) is 5.02 Å². The third-order valence-electron chi connectivity index (χ3n) is 4.66. The topological polar surface area (TPSA) is 88.9 Å². The standard InChI is InChI=1S/C22H21ClF3N5O2S/c1-3-31-18(11-19(32)27-15-7-4-13(2)5-8-15)29-30-21(31)34-12-20(33)28-17-10-14(22(24,25)26)6-9-16(17)23/h4-10H,3,11-12H2,1-2H3,(H,27,32)(H,28,33). The van der Waals surface area contributed by atoms with E-state index in [0.29, 0.717) is 23.2 Å². The lowest BCUT2D eigenvalue weighted by molar-refractivity contribution is -0.137. The van der Waals surface area contributed by atoms with E-state index in [0.717, 1.165) is 35.5 Å². The Labute approximate surface area is 203 Å². The van der Waals surface area contributed by atoms with Crippen molar-refractivity contribution in [3.05, 3.63) is 64.4 Å². The fraction of sp³-hybridized carbons (Fsp3) is 0.273. The summed E-state index contributed by atoms with van der Waals surface area (Å²) in [5, 5.41) is 13.7. The van der Waals surface area contributed by atoms with Gasteiger partial charge in [-0.25, -0.2) is 0 Å². The molecule has 0 aliphatic heterocycles. The zero-order valence-electron chi connectivity index (χ0n) is 18.2. The van der Waals surface area contributed by atoms with E-state index in [1.54, 1.807) is 16.7 Å². The molecule has 12 heteroatoms. The molecule has 0 aliphatic rings. The van der Waals surface area contributed by atoms with E-state index in [1.165, 1.54) is 0 Å². The summed E-state index contributed by atoms with van der Waals surface area (Å²) in [7, 11) is 0. The van der Waals surface area contributed by atoms with E-state index in [2.05, 4.69) is 20.8 Å². The number of alkyl halides is 3. The number of halogens is 4. The second-order valence-corrected chi connectivity index (χ2v) is 8.61. The molecule has 0 fully saturated rings. The fourth-order valence-corrected chi connectivity index (χ4v) is 3.96. The highest BCUT2D eigenvalue weighted by molar-refractivity contribution is 7.99. The number of thioether (sulfide) groups is 1. The van der Waals surface area contributed by atoms with Crippen LogP contribution in [0.15, 0.2) is 47.6 Å². The number of hydrogen-bond donors (Lipinski definition) is 2. The number of aryl methyl sites for hydroxylation is 1. The predicted molar refractivity (Wildman–Crippen MR) is 125 cm³/mol. The number of amides is 2. The highest BCUT2D eigenvalue weighted by atomic mass is 35.5. The molecule has 0 bridgehead atoms. The van der Waals surface area contributed by atoms with E-state index in [-0.39, 0.29) is 28.8 Å². The van der Waals surface area contributed by atoms with Gasteiger partial charge in [0.15, 0.2) is 5.16 Å². The van der Waals surface area contributed by atoms with Crippen molar-refractivity contribution in [1.82, 2.24) is 14.8 Å². The minimum absolute atomic E-state index is 0.00931. The van der Waals surface area contributed by atoms with Crippen LogP contribution in [0.5, 0.6) is 0 Å².